The van der Waals surface area contributed by atoms with Crippen molar-refractivity contribution in [2.24, 2.45) is 0 Å². The van der Waals surface area contributed by atoms with Crippen molar-refractivity contribution in [3.05, 3.63) is 23.8 Å². The number of carbonyl (C=O) groups is 1. The number of amides is 1. The fourth-order valence-electron chi connectivity index (χ4n) is 3.47. The molecular formula is C15H20N2O3. The van der Waals surface area contributed by atoms with E-state index in [-0.39, 0.29) is 24.1 Å². The number of hydrogen-bond donors (Lipinski definition) is 2. The Hall–Kier alpha value is -1.75. The van der Waals surface area contributed by atoms with Gasteiger partial charge in [0.1, 0.15) is 5.75 Å². The number of rotatable bonds is 2. The van der Waals surface area contributed by atoms with Gasteiger partial charge >= 0.3 is 0 Å². The summed E-state index contributed by atoms with van der Waals surface area (Å²) in [5.74, 6) is 0.544. The van der Waals surface area contributed by atoms with Crippen molar-refractivity contribution in [1.29, 1.82) is 0 Å². The molecule has 0 radical (unpaired) electrons. The lowest BCUT2D eigenvalue weighted by molar-refractivity contribution is 0.0286. The Labute approximate surface area is 118 Å². The van der Waals surface area contributed by atoms with E-state index in [9.17, 15) is 9.90 Å². The molecular weight excluding hydrogens is 256 g/mol. The number of benzene rings is 1. The van der Waals surface area contributed by atoms with Crippen molar-refractivity contribution in [1.82, 2.24) is 4.90 Å². The lowest BCUT2D eigenvalue weighted by Gasteiger charge is -2.37. The second-order valence-corrected chi connectivity index (χ2v) is 5.68. The maximum atomic E-state index is 12.7. The van der Waals surface area contributed by atoms with E-state index in [2.05, 4.69) is 0 Å². The molecule has 1 aromatic carbocycles. The van der Waals surface area contributed by atoms with Crippen molar-refractivity contribution in [2.75, 3.05) is 12.8 Å². The summed E-state index contributed by atoms with van der Waals surface area (Å²) in [6.07, 6.45) is 3.08. The Morgan fingerprint density at radius 3 is 2.60 bits per heavy atom. The molecule has 5 nitrogen and oxygen atoms in total. The van der Waals surface area contributed by atoms with Gasteiger partial charge in [-0.05, 0) is 43.9 Å². The third-order valence-electron chi connectivity index (χ3n) is 4.42. The molecule has 2 unspecified atom stereocenters. The lowest BCUT2D eigenvalue weighted by atomic mass is 9.98. The highest BCUT2D eigenvalue weighted by Crippen LogP contribution is 2.37. The number of hydrogen-bond acceptors (Lipinski definition) is 4. The average molecular weight is 276 g/mol. The molecule has 0 aromatic heterocycles. The molecule has 2 aliphatic rings. The van der Waals surface area contributed by atoms with E-state index in [1.165, 1.54) is 0 Å². The van der Waals surface area contributed by atoms with Gasteiger partial charge in [0.25, 0.3) is 5.91 Å². The number of methoxy groups -OCH3 is 1. The smallest absolute Gasteiger partial charge is 0.254 e. The van der Waals surface area contributed by atoms with Gasteiger partial charge < -0.3 is 20.5 Å². The fourth-order valence-corrected chi connectivity index (χ4v) is 3.47. The summed E-state index contributed by atoms with van der Waals surface area (Å²) in [5.41, 5.74) is 6.91. The molecule has 2 fully saturated rings. The maximum absolute atomic E-state index is 12.7. The first-order valence-corrected chi connectivity index (χ1v) is 7.04. The van der Waals surface area contributed by atoms with Crippen LogP contribution in [0.1, 0.15) is 36.0 Å². The SMILES string of the molecule is COc1cc(C(=O)N2C3CCC2CC(O)C3)ccc1N. The molecule has 1 amide bonds. The third-order valence-corrected chi connectivity index (χ3v) is 4.42. The van der Waals surface area contributed by atoms with Crippen molar-refractivity contribution in [3.63, 3.8) is 0 Å². The van der Waals surface area contributed by atoms with Gasteiger partial charge in [0.15, 0.2) is 0 Å². The molecule has 2 heterocycles. The number of carbonyl (C=O) groups excluding carboxylic acids is 1. The number of aliphatic hydroxyl groups excluding tert-OH is 1. The molecule has 0 aliphatic carbocycles. The standard InChI is InChI=1S/C15H20N2O3/c1-20-14-6-9(2-5-13(14)16)15(19)17-10-3-4-11(17)8-12(18)7-10/h2,5-6,10-12,18H,3-4,7-8,16H2,1H3. The molecule has 3 N–H and O–H groups in total. The van der Waals surface area contributed by atoms with Crippen molar-refractivity contribution < 1.29 is 14.6 Å². The predicted octanol–water partition coefficient (Wildman–Crippen LogP) is 1.41. The van der Waals surface area contributed by atoms with E-state index in [0.29, 0.717) is 29.8 Å². The van der Waals surface area contributed by atoms with E-state index in [4.69, 9.17) is 10.5 Å². The second-order valence-electron chi connectivity index (χ2n) is 5.68. The largest absolute Gasteiger partial charge is 0.495 e. The van der Waals surface area contributed by atoms with Gasteiger partial charge in [-0.25, -0.2) is 0 Å². The molecule has 108 valence electrons. The Kier molecular flexibility index (Phi) is 3.30. The monoisotopic (exact) mass is 276 g/mol. The highest BCUT2D eigenvalue weighted by atomic mass is 16.5. The minimum absolute atomic E-state index is 0.0164. The number of nitrogen functional groups attached to an aromatic ring is 1. The number of anilines is 1. The zero-order chi connectivity index (χ0) is 14.3. The first-order valence-electron chi connectivity index (χ1n) is 7.04. The van der Waals surface area contributed by atoms with Crippen LogP contribution in [0.3, 0.4) is 0 Å². The zero-order valence-corrected chi connectivity index (χ0v) is 11.6. The Bertz CT molecular complexity index is 518. The molecule has 3 rings (SSSR count). The summed E-state index contributed by atoms with van der Waals surface area (Å²) < 4.78 is 5.17. The van der Waals surface area contributed by atoms with Gasteiger partial charge in [-0.3, -0.25) is 4.79 Å². The van der Waals surface area contributed by atoms with Crippen molar-refractivity contribution in [3.8, 4) is 5.75 Å². The minimum atomic E-state index is -0.266. The van der Waals surface area contributed by atoms with Gasteiger partial charge in [-0.15, -0.1) is 0 Å². The second kappa shape index (κ2) is 4.98. The number of fused-ring (bicyclic) bond motifs is 2. The van der Waals surface area contributed by atoms with E-state index in [0.717, 1.165) is 12.8 Å². The molecule has 2 saturated heterocycles. The van der Waals surface area contributed by atoms with Gasteiger partial charge in [-0.1, -0.05) is 0 Å². The molecule has 0 saturated carbocycles. The van der Waals surface area contributed by atoms with Crippen LogP contribution >= 0.6 is 0 Å². The topological polar surface area (TPSA) is 75.8 Å². The van der Waals surface area contributed by atoms with Crippen LogP contribution in [0.15, 0.2) is 18.2 Å². The van der Waals surface area contributed by atoms with Crippen molar-refractivity contribution in [2.45, 2.75) is 43.9 Å². The molecule has 2 bridgehead atoms. The highest BCUT2D eigenvalue weighted by molar-refractivity contribution is 5.96. The van der Waals surface area contributed by atoms with Crippen LogP contribution in [0, 0.1) is 0 Å². The summed E-state index contributed by atoms with van der Waals surface area (Å²) in [6.45, 7) is 0. The molecule has 0 spiro atoms. The average Bonchev–Trinajstić information content (AvgIpc) is 2.70. The van der Waals surface area contributed by atoms with Gasteiger partial charge in [-0.2, -0.15) is 0 Å². The Balaban J connectivity index is 1.86. The lowest BCUT2D eigenvalue weighted by Crippen LogP contribution is -2.48. The van der Waals surface area contributed by atoms with Crippen LogP contribution in [0.2, 0.25) is 0 Å². The van der Waals surface area contributed by atoms with Crippen molar-refractivity contribution >= 4 is 11.6 Å². The van der Waals surface area contributed by atoms with Crippen LogP contribution in [-0.4, -0.2) is 41.2 Å². The van der Waals surface area contributed by atoms with Crippen LogP contribution in [-0.2, 0) is 0 Å². The normalized spacial score (nSPS) is 28.5. The molecule has 20 heavy (non-hydrogen) atoms. The Morgan fingerprint density at radius 2 is 2.00 bits per heavy atom. The number of ether oxygens (including phenoxy) is 1. The van der Waals surface area contributed by atoms with Crippen LogP contribution < -0.4 is 10.5 Å². The zero-order valence-electron chi connectivity index (χ0n) is 11.6. The molecule has 2 atom stereocenters. The maximum Gasteiger partial charge on any atom is 0.254 e. The highest BCUT2D eigenvalue weighted by Gasteiger charge is 2.42. The summed E-state index contributed by atoms with van der Waals surface area (Å²) in [5, 5.41) is 9.80. The minimum Gasteiger partial charge on any atom is -0.495 e. The van der Waals surface area contributed by atoms with E-state index < -0.39 is 0 Å². The number of nitrogens with two attached hydrogens (primary N) is 1. The summed E-state index contributed by atoms with van der Waals surface area (Å²) in [4.78, 5) is 14.6. The van der Waals surface area contributed by atoms with Gasteiger partial charge in [0.2, 0.25) is 0 Å². The summed E-state index contributed by atoms with van der Waals surface area (Å²) in [6, 6.07) is 5.47. The summed E-state index contributed by atoms with van der Waals surface area (Å²) >= 11 is 0. The summed E-state index contributed by atoms with van der Waals surface area (Å²) in [7, 11) is 1.54. The fraction of sp³-hybridized carbons (Fsp3) is 0.533. The van der Waals surface area contributed by atoms with Crippen LogP contribution in [0.25, 0.3) is 0 Å². The molecule has 2 aliphatic heterocycles. The molecule has 1 aromatic rings. The van der Waals surface area contributed by atoms with Gasteiger partial charge in [0, 0.05) is 17.6 Å². The first kappa shape index (κ1) is 13.2. The van der Waals surface area contributed by atoms with Gasteiger partial charge in [0.05, 0.1) is 18.9 Å². The van der Waals surface area contributed by atoms with Crippen LogP contribution in [0.4, 0.5) is 5.69 Å². The third kappa shape index (κ3) is 2.12. The number of aliphatic hydroxyl groups is 1. The predicted molar refractivity (Wildman–Crippen MR) is 75.6 cm³/mol. The number of piperidine rings is 1. The van der Waals surface area contributed by atoms with E-state index in [1.807, 2.05) is 4.90 Å². The quantitative estimate of drug-likeness (QED) is 0.801. The van der Waals surface area contributed by atoms with E-state index in [1.54, 1.807) is 25.3 Å². The number of nitrogens with zero attached hydrogens (tertiary/aromatic N) is 1. The molecule has 5 heteroatoms. The van der Waals surface area contributed by atoms with E-state index >= 15 is 0 Å². The first-order chi connectivity index (χ1) is 9.60. The van der Waals surface area contributed by atoms with Crippen LogP contribution in [0.5, 0.6) is 5.75 Å². The Morgan fingerprint density at radius 1 is 1.35 bits per heavy atom.